The Morgan fingerprint density at radius 2 is 1.86 bits per heavy atom. The van der Waals surface area contributed by atoms with Crippen molar-refractivity contribution >= 4 is 33.4 Å². The first-order valence-corrected chi connectivity index (χ1v) is 7.91. The Balaban J connectivity index is 1.82. The molecule has 2 heterocycles. The van der Waals surface area contributed by atoms with Crippen LogP contribution in [0.1, 0.15) is 21.5 Å². The van der Waals surface area contributed by atoms with Crippen LogP contribution >= 0.6 is 15.9 Å². The lowest BCUT2D eigenvalue weighted by atomic mass is 9.93. The summed E-state index contributed by atoms with van der Waals surface area (Å²) < 4.78 is 0.824. The molecule has 0 saturated carbocycles. The van der Waals surface area contributed by atoms with Gasteiger partial charge in [0.1, 0.15) is 6.04 Å². The Labute approximate surface area is 136 Å². The second kappa shape index (κ2) is 4.95. The van der Waals surface area contributed by atoms with Gasteiger partial charge in [-0.25, -0.2) is 0 Å². The predicted molar refractivity (Wildman–Crippen MR) is 86.6 cm³/mol. The van der Waals surface area contributed by atoms with Gasteiger partial charge in [0.2, 0.25) is 5.91 Å². The van der Waals surface area contributed by atoms with Gasteiger partial charge in [-0.15, -0.1) is 0 Å². The van der Waals surface area contributed by atoms with E-state index in [1.807, 2.05) is 30.3 Å². The highest BCUT2D eigenvalue weighted by Crippen LogP contribution is 2.31. The van der Waals surface area contributed by atoms with Gasteiger partial charge in [-0.1, -0.05) is 40.2 Å². The van der Waals surface area contributed by atoms with Gasteiger partial charge >= 0.3 is 0 Å². The van der Waals surface area contributed by atoms with Crippen LogP contribution < -0.4 is 5.32 Å². The predicted octanol–water partition coefficient (Wildman–Crippen LogP) is 2.97. The lowest BCUT2D eigenvalue weighted by molar-refractivity contribution is -0.120. The monoisotopic (exact) mass is 356 g/mol. The van der Waals surface area contributed by atoms with Crippen LogP contribution in [0.5, 0.6) is 0 Å². The molecule has 4 nitrogen and oxygen atoms in total. The van der Waals surface area contributed by atoms with Crippen LogP contribution in [0, 0.1) is 0 Å². The molecular formula is C17H13BrN2O2. The number of hydrogen-bond donors (Lipinski definition) is 1. The molecule has 0 aliphatic carbocycles. The number of anilines is 1. The average Bonchev–Trinajstić information content (AvgIpc) is 2.63. The number of nitrogens with zero attached hydrogens (tertiary/aromatic N) is 1. The summed E-state index contributed by atoms with van der Waals surface area (Å²) in [5.41, 5.74) is 3.36. The van der Waals surface area contributed by atoms with Gasteiger partial charge in [0.15, 0.2) is 0 Å². The Bertz CT molecular complexity index is 803. The zero-order valence-corrected chi connectivity index (χ0v) is 13.3. The topological polar surface area (TPSA) is 49.4 Å². The van der Waals surface area contributed by atoms with Crippen molar-refractivity contribution in [1.82, 2.24) is 4.90 Å². The van der Waals surface area contributed by atoms with E-state index in [2.05, 4.69) is 21.2 Å². The van der Waals surface area contributed by atoms with E-state index in [-0.39, 0.29) is 11.8 Å². The molecule has 4 rings (SSSR count). The third-order valence-electron chi connectivity index (χ3n) is 4.28. The quantitative estimate of drug-likeness (QED) is 0.788. The maximum atomic E-state index is 12.9. The number of halogens is 1. The fourth-order valence-corrected chi connectivity index (χ4v) is 3.50. The van der Waals surface area contributed by atoms with Gasteiger partial charge in [0.05, 0.1) is 11.3 Å². The third kappa shape index (κ3) is 2.04. The standard InChI is InChI=1S/C17H13BrN2O2/c18-12-5-6-14-13(8-12)17(22)20-9-11-4-2-1-3-10(11)7-15(20)16(21)19-14/h1-6,8,15H,7,9H2,(H,19,21)/t15-/m0/s1. The molecule has 2 aromatic rings. The molecule has 110 valence electrons. The number of nitrogens with one attached hydrogen (secondary N) is 1. The molecule has 0 unspecified atom stereocenters. The molecule has 1 N–H and O–H groups in total. The molecule has 22 heavy (non-hydrogen) atoms. The minimum Gasteiger partial charge on any atom is -0.324 e. The average molecular weight is 357 g/mol. The normalized spacial score (nSPS) is 19.7. The molecule has 1 atom stereocenters. The molecule has 0 bridgehead atoms. The SMILES string of the molecule is O=C1Nc2ccc(Br)cc2C(=O)N2Cc3ccccc3C[C@@H]12. The van der Waals surface area contributed by atoms with Gasteiger partial charge < -0.3 is 10.2 Å². The van der Waals surface area contributed by atoms with Crippen LogP contribution in [-0.2, 0) is 17.8 Å². The largest absolute Gasteiger partial charge is 0.324 e. The van der Waals surface area contributed by atoms with E-state index in [0.717, 1.165) is 15.6 Å². The maximum Gasteiger partial charge on any atom is 0.257 e. The van der Waals surface area contributed by atoms with Crippen molar-refractivity contribution in [1.29, 1.82) is 0 Å². The zero-order chi connectivity index (χ0) is 15.3. The summed E-state index contributed by atoms with van der Waals surface area (Å²) in [5.74, 6) is -0.224. The summed E-state index contributed by atoms with van der Waals surface area (Å²) in [6.45, 7) is 0.471. The minimum atomic E-state index is -0.450. The van der Waals surface area contributed by atoms with Crippen molar-refractivity contribution in [2.24, 2.45) is 0 Å². The number of benzene rings is 2. The first-order valence-electron chi connectivity index (χ1n) is 7.11. The van der Waals surface area contributed by atoms with Gasteiger partial charge in [0.25, 0.3) is 5.91 Å². The Kier molecular flexibility index (Phi) is 3.04. The lowest BCUT2D eigenvalue weighted by Gasteiger charge is -2.34. The van der Waals surface area contributed by atoms with E-state index in [1.165, 1.54) is 0 Å². The second-order valence-electron chi connectivity index (χ2n) is 5.60. The van der Waals surface area contributed by atoms with Crippen molar-refractivity contribution in [2.75, 3.05) is 5.32 Å². The molecule has 2 amide bonds. The number of carbonyl (C=O) groups excluding carboxylic acids is 2. The molecular weight excluding hydrogens is 344 g/mol. The number of hydrogen-bond acceptors (Lipinski definition) is 2. The van der Waals surface area contributed by atoms with Crippen LogP contribution in [0.25, 0.3) is 0 Å². The molecule has 0 radical (unpaired) electrons. The van der Waals surface area contributed by atoms with Crippen molar-refractivity contribution in [3.63, 3.8) is 0 Å². The minimum absolute atomic E-state index is 0.103. The first-order chi connectivity index (χ1) is 10.6. The van der Waals surface area contributed by atoms with Crippen LogP contribution in [0.4, 0.5) is 5.69 Å². The van der Waals surface area contributed by atoms with E-state index < -0.39 is 6.04 Å². The summed E-state index contributed by atoms with van der Waals surface area (Å²) in [4.78, 5) is 27.1. The van der Waals surface area contributed by atoms with Crippen LogP contribution in [0.2, 0.25) is 0 Å². The van der Waals surface area contributed by atoms with Gasteiger partial charge in [-0.05, 0) is 29.3 Å². The summed E-state index contributed by atoms with van der Waals surface area (Å²) in [5, 5.41) is 2.89. The van der Waals surface area contributed by atoms with Gasteiger partial charge in [-0.2, -0.15) is 0 Å². The van der Waals surface area contributed by atoms with Gasteiger partial charge in [-0.3, -0.25) is 9.59 Å². The molecule has 0 aromatic heterocycles. The molecule has 0 saturated heterocycles. The van der Waals surface area contributed by atoms with E-state index in [0.29, 0.717) is 24.2 Å². The highest BCUT2D eigenvalue weighted by molar-refractivity contribution is 9.10. The summed E-state index contributed by atoms with van der Waals surface area (Å²) >= 11 is 3.39. The highest BCUT2D eigenvalue weighted by Gasteiger charge is 2.38. The Morgan fingerprint density at radius 3 is 2.68 bits per heavy atom. The summed E-state index contributed by atoms with van der Waals surface area (Å²) in [7, 11) is 0. The van der Waals surface area contributed by atoms with Gasteiger partial charge in [0, 0.05) is 17.4 Å². The number of carbonyl (C=O) groups is 2. The third-order valence-corrected chi connectivity index (χ3v) is 4.78. The highest BCUT2D eigenvalue weighted by atomic mass is 79.9. The number of amides is 2. The van der Waals surface area contributed by atoms with Crippen LogP contribution in [0.3, 0.4) is 0 Å². The van der Waals surface area contributed by atoms with Crippen molar-refractivity contribution in [3.8, 4) is 0 Å². The fraction of sp³-hybridized carbons (Fsp3) is 0.176. The van der Waals surface area contributed by atoms with E-state index in [9.17, 15) is 9.59 Å². The smallest absolute Gasteiger partial charge is 0.257 e. The van der Waals surface area contributed by atoms with E-state index >= 15 is 0 Å². The fourth-order valence-electron chi connectivity index (χ4n) is 3.14. The van der Waals surface area contributed by atoms with Crippen molar-refractivity contribution < 1.29 is 9.59 Å². The lowest BCUT2D eigenvalue weighted by Crippen LogP contribution is -2.48. The molecule has 2 aromatic carbocycles. The Hall–Kier alpha value is -2.14. The second-order valence-corrected chi connectivity index (χ2v) is 6.52. The maximum absolute atomic E-state index is 12.9. The molecule has 2 aliphatic heterocycles. The number of rotatable bonds is 0. The van der Waals surface area contributed by atoms with Crippen LogP contribution in [-0.4, -0.2) is 22.8 Å². The van der Waals surface area contributed by atoms with E-state index in [4.69, 9.17) is 0 Å². The first kappa shape index (κ1) is 13.5. The molecule has 0 spiro atoms. The summed E-state index contributed by atoms with van der Waals surface area (Å²) in [6, 6.07) is 12.9. The van der Waals surface area contributed by atoms with Crippen LogP contribution in [0.15, 0.2) is 46.9 Å². The van der Waals surface area contributed by atoms with Crippen molar-refractivity contribution in [2.45, 2.75) is 19.0 Å². The molecule has 5 heteroatoms. The molecule has 2 aliphatic rings. The number of fused-ring (bicyclic) bond motifs is 3. The molecule has 0 fully saturated rings. The van der Waals surface area contributed by atoms with Crippen molar-refractivity contribution in [3.05, 3.63) is 63.6 Å². The zero-order valence-electron chi connectivity index (χ0n) is 11.7. The summed E-state index contributed by atoms with van der Waals surface area (Å²) in [6.07, 6.45) is 0.558. The Morgan fingerprint density at radius 1 is 1.09 bits per heavy atom. The van der Waals surface area contributed by atoms with E-state index in [1.54, 1.807) is 17.0 Å².